The van der Waals surface area contributed by atoms with Gasteiger partial charge in [0, 0.05) is 10.0 Å². The summed E-state index contributed by atoms with van der Waals surface area (Å²) in [5.41, 5.74) is 2.34. The normalized spacial score (nSPS) is 12.7. The van der Waals surface area contributed by atoms with Crippen molar-refractivity contribution >= 4 is 27.5 Å². The zero-order chi connectivity index (χ0) is 14.0. The van der Waals surface area contributed by atoms with E-state index in [-0.39, 0.29) is 6.04 Å². The molecule has 0 aliphatic rings. The minimum absolute atomic E-state index is 0.121. The predicted octanol–water partition coefficient (Wildman–Crippen LogP) is 5.01. The van der Waals surface area contributed by atoms with Crippen molar-refractivity contribution < 1.29 is 4.42 Å². The van der Waals surface area contributed by atoms with E-state index in [2.05, 4.69) is 40.3 Å². The summed E-state index contributed by atoms with van der Waals surface area (Å²) in [6.45, 7) is 6.95. The molecule has 19 heavy (non-hydrogen) atoms. The Kier molecular flexibility index (Phi) is 4.71. The Morgan fingerprint density at radius 2 is 2.05 bits per heavy atom. The Morgan fingerprint density at radius 3 is 2.58 bits per heavy atom. The van der Waals surface area contributed by atoms with Crippen molar-refractivity contribution in [1.29, 1.82) is 0 Å². The molecule has 0 saturated heterocycles. The van der Waals surface area contributed by atoms with Gasteiger partial charge in [-0.15, -0.1) is 0 Å². The van der Waals surface area contributed by atoms with E-state index in [1.807, 2.05) is 26.0 Å². The first-order valence-corrected chi connectivity index (χ1v) is 7.45. The molecule has 1 N–H and O–H groups in total. The van der Waals surface area contributed by atoms with E-state index in [9.17, 15) is 0 Å². The molecule has 0 aliphatic carbocycles. The highest BCUT2D eigenvalue weighted by Gasteiger charge is 2.19. The lowest BCUT2D eigenvalue weighted by atomic mass is 9.99. The van der Waals surface area contributed by atoms with Gasteiger partial charge in [-0.25, -0.2) is 0 Å². The molecular formula is C15H17BrClNO. The monoisotopic (exact) mass is 341 g/mol. The van der Waals surface area contributed by atoms with Gasteiger partial charge >= 0.3 is 0 Å². The number of aryl methyl sites for hydroxylation is 2. The Morgan fingerprint density at radius 1 is 1.32 bits per heavy atom. The van der Waals surface area contributed by atoms with E-state index >= 15 is 0 Å². The van der Waals surface area contributed by atoms with E-state index in [1.54, 1.807) is 0 Å². The average Bonchev–Trinajstić information content (AvgIpc) is 2.69. The molecule has 2 aromatic rings. The molecule has 2 nitrogen and oxygen atoms in total. The lowest BCUT2D eigenvalue weighted by Gasteiger charge is -2.18. The van der Waals surface area contributed by atoms with Crippen LogP contribution in [0.3, 0.4) is 0 Å². The molecule has 2 rings (SSSR count). The number of rotatable bonds is 4. The maximum Gasteiger partial charge on any atom is 0.106 e. The second-order valence-corrected chi connectivity index (χ2v) is 5.79. The highest BCUT2D eigenvalue weighted by molar-refractivity contribution is 9.10. The molecule has 1 aromatic heterocycles. The van der Waals surface area contributed by atoms with Crippen LogP contribution in [-0.4, -0.2) is 6.54 Å². The van der Waals surface area contributed by atoms with Gasteiger partial charge in [0.1, 0.15) is 11.5 Å². The number of hydrogen-bond donors (Lipinski definition) is 1. The third kappa shape index (κ3) is 3.22. The second kappa shape index (κ2) is 6.12. The second-order valence-electron chi connectivity index (χ2n) is 4.53. The van der Waals surface area contributed by atoms with Crippen LogP contribution in [0.4, 0.5) is 0 Å². The maximum atomic E-state index is 6.06. The van der Waals surface area contributed by atoms with Crippen LogP contribution in [0, 0.1) is 13.8 Å². The van der Waals surface area contributed by atoms with Gasteiger partial charge in [-0.3, -0.25) is 0 Å². The molecule has 0 bridgehead atoms. The topological polar surface area (TPSA) is 25.2 Å². The third-order valence-electron chi connectivity index (χ3n) is 3.08. The van der Waals surface area contributed by atoms with Crippen molar-refractivity contribution in [3.63, 3.8) is 0 Å². The molecule has 0 radical (unpaired) electrons. The van der Waals surface area contributed by atoms with E-state index in [0.29, 0.717) is 0 Å². The van der Waals surface area contributed by atoms with Crippen molar-refractivity contribution in [2.24, 2.45) is 0 Å². The van der Waals surface area contributed by atoms with Crippen molar-refractivity contribution in [2.45, 2.75) is 26.8 Å². The van der Waals surface area contributed by atoms with Crippen LogP contribution >= 0.6 is 27.5 Å². The molecule has 1 heterocycles. The van der Waals surface area contributed by atoms with Crippen LogP contribution in [0.25, 0.3) is 0 Å². The predicted molar refractivity (Wildman–Crippen MR) is 82.9 cm³/mol. The average molecular weight is 343 g/mol. The minimum atomic E-state index is 0.121. The van der Waals surface area contributed by atoms with E-state index in [1.165, 1.54) is 11.1 Å². The summed E-state index contributed by atoms with van der Waals surface area (Å²) in [4.78, 5) is 0. The quantitative estimate of drug-likeness (QED) is 0.844. The number of furan rings is 1. The minimum Gasteiger partial charge on any atom is -0.466 e. The molecule has 102 valence electrons. The highest BCUT2D eigenvalue weighted by atomic mass is 79.9. The standard InChI is InChI=1S/C15H17BrClNO/c1-4-18-15(12-7-9(2)19-10(12)3)11-5-6-14(17)13(16)8-11/h5-8,15,18H,4H2,1-3H3. The fourth-order valence-corrected chi connectivity index (χ4v) is 2.75. The number of hydrogen-bond acceptors (Lipinski definition) is 2. The number of nitrogens with one attached hydrogen (secondary N) is 1. The number of halogens is 2. The largest absolute Gasteiger partial charge is 0.466 e. The Bertz CT molecular complexity index is 580. The summed E-state index contributed by atoms with van der Waals surface area (Å²) >= 11 is 9.54. The van der Waals surface area contributed by atoms with Crippen LogP contribution < -0.4 is 5.32 Å². The van der Waals surface area contributed by atoms with Crippen molar-refractivity contribution in [2.75, 3.05) is 6.54 Å². The molecule has 0 saturated carbocycles. The van der Waals surface area contributed by atoms with Gasteiger partial charge in [-0.1, -0.05) is 24.6 Å². The molecule has 0 fully saturated rings. The SMILES string of the molecule is CCNC(c1ccc(Cl)c(Br)c1)c1cc(C)oc1C. The fraction of sp³-hybridized carbons (Fsp3) is 0.333. The smallest absolute Gasteiger partial charge is 0.106 e. The van der Waals surface area contributed by atoms with Gasteiger partial charge in [0.05, 0.1) is 11.1 Å². The van der Waals surface area contributed by atoms with Crippen molar-refractivity contribution in [3.8, 4) is 0 Å². The van der Waals surface area contributed by atoms with E-state index in [4.69, 9.17) is 16.0 Å². The van der Waals surface area contributed by atoms with Crippen LogP contribution in [0.15, 0.2) is 33.2 Å². The lowest BCUT2D eigenvalue weighted by Crippen LogP contribution is -2.22. The Balaban J connectivity index is 2.44. The summed E-state index contributed by atoms with van der Waals surface area (Å²) in [5, 5.41) is 4.21. The van der Waals surface area contributed by atoms with Gasteiger partial charge in [0.2, 0.25) is 0 Å². The van der Waals surface area contributed by atoms with Gasteiger partial charge in [-0.2, -0.15) is 0 Å². The van der Waals surface area contributed by atoms with Crippen LogP contribution in [0.2, 0.25) is 5.02 Å². The summed E-state index contributed by atoms with van der Waals surface area (Å²) < 4.78 is 6.55. The summed E-state index contributed by atoms with van der Waals surface area (Å²) in [6.07, 6.45) is 0. The van der Waals surface area contributed by atoms with Crippen molar-refractivity contribution in [1.82, 2.24) is 5.32 Å². The summed E-state index contributed by atoms with van der Waals surface area (Å²) in [7, 11) is 0. The van der Waals surface area contributed by atoms with E-state index in [0.717, 1.165) is 27.6 Å². The molecule has 0 aliphatic heterocycles. The Hall–Kier alpha value is -0.770. The first-order valence-electron chi connectivity index (χ1n) is 6.28. The van der Waals surface area contributed by atoms with Crippen LogP contribution in [0.5, 0.6) is 0 Å². The summed E-state index contributed by atoms with van der Waals surface area (Å²) in [6, 6.07) is 8.22. The molecule has 0 amide bonds. The fourth-order valence-electron chi connectivity index (χ4n) is 2.24. The molecular weight excluding hydrogens is 326 g/mol. The molecule has 0 spiro atoms. The van der Waals surface area contributed by atoms with Gasteiger partial charge < -0.3 is 9.73 Å². The first-order chi connectivity index (χ1) is 9.02. The van der Waals surface area contributed by atoms with Gasteiger partial charge in [0.25, 0.3) is 0 Å². The Labute approximate surface area is 127 Å². The van der Waals surface area contributed by atoms with Gasteiger partial charge in [-0.05, 0) is 60.1 Å². The molecule has 1 unspecified atom stereocenters. The lowest BCUT2D eigenvalue weighted by molar-refractivity contribution is 0.495. The maximum absolute atomic E-state index is 6.06. The molecule has 4 heteroatoms. The van der Waals surface area contributed by atoms with E-state index < -0.39 is 0 Å². The van der Waals surface area contributed by atoms with Crippen LogP contribution in [0.1, 0.15) is 35.6 Å². The van der Waals surface area contributed by atoms with Gasteiger partial charge in [0.15, 0.2) is 0 Å². The van der Waals surface area contributed by atoms with Crippen LogP contribution in [-0.2, 0) is 0 Å². The van der Waals surface area contributed by atoms with Crippen molar-refractivity contribution in [3.05, 3.63) is 56.4 Å². The summed E-state index contributed by atoms with van der Waals surface area (Å²) in [5.74, 6) is 1.89. The molecule has 1 atom stereocenters. The molecule has 1 aromatic carbocycles. The zero-order valence-electron chi connectivity index (χ0n) is 11.3. The zero-order valence-corrected chi connectivity index (χ0v) is 13.6. The highest BCUT2D eigenvalue weighted by Crippen LogP contribution is 2.31. The number of benzene rings is 1. The third-order valence-corrected chi connectivity index (χ3v) is 4.29. The first kappa shape index (κ1) is 14.6.